The third-order valence-electron chi connectivity index (χ3n) is 5.84. The number of likely N-dealkylation sites (tertiary alicyclic amines) is 2. The SMILES string of the molecule is CC(C)(C)OC(=O)COC1CCN(C(=O)C2CCCCN2C(=O)OCc2ccccc2)CC1. The minimum atomic E-state index is -0.537. The third kappa shape index (κ3) is 7.74. The largest absolute Gasteiger partial charge is 0.458 e. The van der Waals surface area contributed by atoms with Crippen LogP contribution in [0.4, 0.5) is 4.79 Å². The van der Waals surface area contributed by atoms with Gasteiger partial charge in [-0.1, -0.05) is 30.3 Å². The first kappa shape index (κ1) is 25.0. The van der Waals surface area contributed by atoms with Gasteiger partial charge in [0.2, 0.25) is 5.91 Å². The van der Waals surface area contributed by atoms with Crippen molar-refractivity contribution < 1.29 is 28.6 Å². The summed E-state index contributed by atoms with van der Waals surface area (Å²) in [6.45, 7) is 7.18. The number of carbonyl (C=O) groups is 3. The molecule has 1 atom stereocenters. The van der Waals surface area contributed by atoms with Crippen molar-refractivity contribution in [2.24, 2.45) is 0 Å². The predicted octanol–water partition coefficient (Wildman–Crippen LogP) is 3.53. The molecule has 2 fully saturated rings. The van der Waals surface area contributed by atoms with Gasteiger partial charge in [0.05, 0.1) is 6.10 Å². The Labute approximate surface area is 196 Å². The van der Waals surface area contributed by atoms with Gasteiger partial charge in [0, 0.05) is 19.6 Å². The second-order valence-electron chi connectivity index (χ2n) is 9.67. The van der Waals surface area contributed by atoms with Crippen molar-refractivity contribution in [1.82, 2.24) is 9.80 Å². The van der Waals surface area contributed by atoms with Gasteiger partial charge in [0.25, 0.3) is 0 Å². The summed E-state index contributed by atoms with van der Waals surface area (Å²) in [5.41, 5.74) is 0.379. The fourth-order valence-electron chi connectivity index (χ4n) is 4.22. The number of ether oxygens (including phenoxy) is 3. The highest BCUT2D eigenvalue weighted by molar-refractivity contribution is 5.86. The average Bonchev–Trinajstić information content (AvgIpc) is 2.80. The molecule has 0 aliphatic carbocycles. The van der Waals surface area contributed by atoms with Gasteiger partial charge < -0.3 is 19.1 Å². The van der Waals surface area contributed by atoms with E-state index in [1.165, 1.54) is 0 Å². The molecule has 8 nitrogen and oxygen atoms in total. The van der Waals surface area contributed by atoms with Crippen molar-refractivity contribution >= 4 is 18.0 Å². The molecule has 2 aliphatic rings. The van der Waals surface area contributed by atoms with Crippen LogP contribution in [0.3, 0.4) is 0 Å². The summed E-state index contributed by atoms with van der Waals surface area (Å²) >= 11 is 0. The zero-order chi connectivity index (χ0) is 23.8. The molecule has 2 amide bonds. The van der Waals surface area contributed by atoms with E-state index >= 15 is 0 Å². The first-order valence-corrected chi connectivity index (χ1v) is 11.8. The lowest BCUT2D eigenvalue weighted by molar-refractivity contribution is -0.163. The second kappa shape index (κ2) is 11.5. The number of hydrogen-bond donors (Lipinski definition) is 0. The molecular formula is C25H36N2O6. The Morgan fingerprint density at radius 3 is 2.33 bits per heavy atom. The normalized spacial score (nSPS) is 19.8. The van der Waals surface area contributed by atoms with Gasteiger partial charge >= 0.3 is 12.1 Å². The highest BCUT2D eigenvalue weighted by atomic mass is 16.6. The van der Waals surface area contributed by atoms with E-state index in [-0.39, 0.29) is 31.2 Å². The van der Waals surface area contributed by atoms with Gasteiger partial charge in [-0.25, -0.2) is 9.59 Å². The first-order valence-electron chi connectivity index (χ1n) is 11.8. The zero-order valence-electron chi connectivity index (χ0n) is 20.0. The quantitative estimate of drug-likeness (QED) is 0.604. The summed E-state index contributed by atoms with van der Waals surface area (Å²) in [5.74, 6) is -0.412. The molecule has 2 heterocycles. The van der Waals surface area contributed by atoms with E-state index in [1.807, 2.05) is 51.1 Å². The first-order chi connectivity index (χ1) is 15.7. The Hall–Kier alpha value is -2.61. The molecule has 2 saturated heterocycles. The third-order valence-corrected chi connectivity index (χ3v) is 5.84. The highest BCUT2D eigenvalue weighted by Gasteiger charge is 2.37. The fraction of sp³-hybridized carbons (Fsp3) is 0.640. The minimum absolute atomic E-state index is 0.0306. The van der Waals surface area contributed by atoms with Crippen molar-refractivity contribution in [3.63, 3.8) is 0 Å². The van der Waals surface area contributed by atoms with E-state index in [4.69, 9.17) is 14.2 Å². The fourth-order valence-corrected chi connectivity index (χ4v) is 4.22. The van der Waals surface area contributed by atoms with Gasteiger partial charge in [0.15, 0.2) is 0 Å². The van der Waals surface area contributed by atoms with Crippen LogP contribution in [0.5, 0.6) is 0 Å². The summed E-state index contributed by atoms with van der Waals surface area (Å²) in [6, 6.07) is 9.04. The monoisotopic (exact) mass is 460 g/mol. The number of amides is 2. The predicted molar refractivity (Wildman–Crippen MR) is 122 cm³/mol. The summed E-state index contributed by atoms with van der Waals surface area (Å²) in [7, 11) is 0. The summed E-state index contributed by atoms with van der Waals surface area (Å²) in [5, 5.41) is 0. The highest BCUT2D eigenvalue weighted by Crippen LogP contribution is 2.23. The molecule has 1 aromatic carbocycles. The van der Waals surface area contributed by atoms with Crippen molar-refractivity contribution in [1.29, 1.82) is 0 Å². The number of rotatable bonds is 6. The lowest BCUT2D eigenvalue weighted by Crippen LogP contribution is -2.55. The maximum absolute atomic E-state index is 13.2. The van der Waals surface area contributed by atoms with Gasteiger partial charge in [-0.3, -0.25) is 9.69 Å². The molecule has 0 aromatic heterocycles. The summed E-state index contributed by atoms with van der Waals surface area (Å²) in [4.78, 5) is 41.2. The number of nitrogens with zero attached hydrogens (tertiary/aromatic N) is 2. The number of benzene rings is 1. The van der Waals surface area contributed by atoms with Crippen LogP contribution in [0, 0.1) is 0 Å². The number of hydrogen-bond acceptors (Lipinski definition) is 6. The van der Waals surface area contributed by atoms with E-state index < -0.39 is 17.7 Å². The summed E-state index contributed by atoms with van der Waals surface area (Å²) < 4.78 is 16.5. The molecule has 8 heteroatoms. The van der Waals surface area contributed by atoms with E-state index in [1.54, 1.807) is 9.80 Å². The van der Waals surface area contributed by atoms with E-state index in [9.17, 15) is 14.4 Å². The van der Waals surface area contributed by atoms with Crippen molar-refractivity contribution in [2.45, 2.75) is 77.2 Å². The summed E-state index contributed by atoms with van der Waals surface area (Å²) in [6.07, 6.45) is 3.21. The molecule has 1 unspecified atom stereocenters. The van der Waals surface area contributed by atoms with Gasteiger partial charge in [-0.05, 0) is 58.4 Å². The molecule has 182 valence electrons. The van der Waals surface area contributed by atoms with Crippen molar-refractivity contribution in [3.05, 3.63) is 35.9 Å². The van der Waals surface area contributed by atoms with Crippen LogP contribution < -0.4 is 0 Å². The van der Waals surface area contributed by atoms with E-state index in [0.29, 0.717) is 38.9 Å². The van der Waals surface area contributed by atoms with Crippen LogP contribution >= 0.6 is 0 Å². The molecule has 2 aliphatic heterocycles. The molecular weight excluding hydrogens is 424 g/mol. The van der Waals surface area contributed by atoms with Crippen LogP contribution in [0.1, 0.15) is 58.4 Å². The standard InChI is InChI=1S/C25H36N2O6/c1-25(2,3)33-22(28)18-31-20-12-15-26(16-13-20)23(29)21-11-7-8-14-27(21)24(30)32-17-19-9-5-4-6-10-19/h4-6,9-10,20-21H,7-8,11-18H2,1-3H3. The average molecular weight is 461 g/mol. The van der Waals surface area contributed by atoms with Crippen LogP contribution in [-0.4, -0.2) is 71.8 Å². The van der Waals surface area contributed by atoms with Gasteiger partial charge in [-0.15, -0.1) is 0 Å². The van der Waals surface area contributed by atoms with Crippen LogP contribution in [0.25, 0.3) is 0 Å². The van der Waals surface area contributed by atoms with Crippen LogP contribution in [-0.2, 0) is 30.4 Å². The van der Waals surface area contributed by atoms with Crippen LogP contribution in [0.15, 0.2) is 30.3 Å². The van der Waals surface area contributed by atoms with E-state index in [0.717, 1.165) is 18.4 Å². The second-order valence-corrected chi connectivity index (χ2v) is 9.67. The maximum Gasteiger partial charge on any atom is 0.410 e. The van der Waals surface area contributed by atoms with Gasteiger partial charge in [0.1, 0.15) is 24.9 Å². The Bertz CT molecular complexity index is 799. The molecule has 0 saturated carbocycles. The maximum atomic E-state index is 13.2. The van der Waals surface area contributed by atoms with E-state index in [2.05, 4.69) is 0 Å². The molecule has 0 N–H and O–H groups in total. The molecule has 33 heavy (non-hydrogen) atoms. The molecule has 0 radical (unpaired) electrons. The Morgan fingerprint density at radius 1 is 0.970 bits per heavy atom. The smallest absolute Gasteiger partial charge is 0.410 e. The molecule has 3 rings (SSSR count). The zero-order valence-corrected chi connectivity index (χ0v) is 20.0. The van der Waals surface area contributed by atoms with Gasteiger partial charge in [-0.2, -0.15) is 0 Å². The number of carbonyl (C=O) groups excluding carboxylic acids is 3. The molecule has 0 spiro atoms. The van der Waals surface area contributed by atoms with Crippen molar-refractivity contribution in [2.75, 3.05) is 26.2 Å². The Balaban J connectivity index is 1.47. The number of esters is 1. The topological polar surface area (TPSA) is 85.4 Å². The lowest BCUT2D eigenvalue weighted by Gasteiger charge is -2.39. The Morgan fingerprint density at radius 2 is 1.67 bits per heavy atom. The lowest BCUT2D eigenvalue weighted by atomic mass is 9.99. The number of piperidine rings is 2. The van der Waals surface area contributed by atoms with Crippen LogP contribution in [0.2, 0.25) is 0 Å². The Kier molecular flexibility index (Phi) is 8.72. The van der Waals surface area contributed by atoms with Crippen molar-refractivity contribution in [3.8, 4) is 0 Å². The molecule has 1 aromatic rings. The molecule has 0 bridgehead atoms. The minimum Gasteiger partial charge on any atom is -0.458 e.